The summed E-state index contributed by atoms with van der Waals surface area (Å²) in [6.07, 6.45) is 2.36. The molecule has 2 fully saturated rings. The summed E-state index contributed by atoms with van der Waals surface area (Å²) in [5, 5.41) is 3.54. The zero-order valence-electron chi connectivity index (χ0n) is 11.0. The molecule has 0 saturated heterocycles. The van der Waals surface area contributed by atoms with Crippen LogP contribution in [-0.2, 0) is 0 Å². The summed E-state index contributed by atoms with van der Waals surface area (Å²) in [6, 6.07) is 1.22. The first-order chi connectivity index (χ1) is 9.04. The van der Waals surface area contributed by atoms with Crippen LogP contribution < -0.4 is 5.32 Å². The highest BCUT2D eigenvalue weighted by Gasteiger charge is 2.40. The van der Waals surface area contributed by atoms with Crippen LogP contribution in [0.15, 0.2) is 11.6 Å². The van der Waals surface area contributed by atoms with Gasteiger partial charge >= 0.3 is 6.18 Å². The van der Waals surface area contributed by atoms with Gasteiger partial charge in [0, 0.05) is 30.7 Å². The fraction of sp³-hybridized carbons (Fsp3) is 0.857. The summed E-state index contributed by atoms with van der Waals surface area (Å²) in [5.41, 5.74) is -0.337. The van der Waals surface area contributed by atoms with Crippen LogP contribution in [-0.4, -0.2) is 42.8 Å². The molecule has 2 aliphatic carbocycles. The van der Waals surface area contributed by atoms with E-state index in [1.807, 2.05) is 0 Å². The van der Waals surface area contributed by atoms with Crippen molar-refractivity contribution in [2.75, 3.05) is 19.6 Å². The van der Waals surface area contributed by atoms with Crippen molar-refractivity contribution in [2.24, 2.45) is 5.92 Å². The Morgan fingerprint density at radius 2 is 2.00 bits per heavy atom. The molecule has 2 saturated carbocycles. The number of rotatable bonds is 4. The summed E-state index contributed by atoms with van der Waals surface area (Å²) in [4.78, 5) is 2.23. The Morgan fingerprint density at radius 1 is 1.21 bits per heavy atom. The minimum Gasteiger partial charge on any atom is -0.314 e. The van der Waals surface area contributed by atoms with Gasteiger partial charge in [0.1, 0.15) is 0 Å². The molecule has 3 rings (SSSR count). The maximum absolute atomic E-state index is 12.6. The Balaban J connectivity index is 1.49. The first kappa shape index (κ1) is 13.4. The molecule has 0 aromatic rings. The van der Waals surface area contributed by atoms with Crippen LogP contribution in [0.4, 0.5) is 13.2 Å². The van der Waals surface area contributed by atoms with Gasteiger partial charge in [-0.05, 0) is 44.6 Å². The molecule has 0 radical (unpaired) electrons. The van der Waals surface area contributed by atoms with E-state index in [2.05, 4.69) is 10.2 Å². The minimum atomic E-state index is -4.13. The lowest BCUT2D eigenvalue weighted by molar-refractivity contribution is -0.0972. The Bertz CT molecular complexity index is 360. The maximum atomic E-state index is 12.6. The molecule has 0 bridgehead atoms. The fourth-order valence-electron chi connectivity index (χ4n) is 3.12. The van der Waals surface area contributed by atoms with Crippen molar-refractivity contribution in [1.82, 2.24) is 10.2 Å². The van der Waals surface area contributed by atoms with E-state index in [1.54, 1.807) is 0 Å². The molecule has 108 valence electrons. The van der Waals surface area contributed by atoms with Crippen molar-refractivity contribution in [1.29, 1.82) is 0 Å². The predicted octanol–water partition coefficient (Wildman–Crippen LogP) is 2.71. The maximum Gasteiger partial charge on any atom is 0.412 e. The SMILES string of the molecule is FC(F)(F)C1=CCN(C2CCC2CNC2CC2)CC1. The summed E-state index contributed by atoms with van der Waals surface area (Å²) >= 11 is 0. The molecule has 1 N–H and O–H groups in total. The molecule has 5 heteroatoms. The minimum absolute atomic E-state index is 0.156. The highest BCUT2D eigenvalue weighted by atomic mass is 19.4. The monoisotopic (exact) mass is 274 g/mol. The van der Waals surface area contributed by atoms with Crippen LogP contribution in [0.5, 0.6) is 0 Å². The molecule has 0 spiro atoms. The van der Waals surface area contributed by atoms with Crippen molar-refractivity contribution in [3.63, 3.8) is 0 Å². The third-order valence-corrected chi connectivity index (χ3v) is 4.70. The van der Waals surface area contributed by atoms with Gasteiger partial charge in [-0.25, -0.2) is 0 Å². The van der Waals surface area contributed by atoms with Crippen LogP contribution in [0.3, 0.4) is 0 Å². The molecule has 0 aromatic heterocycles. The first-order valence-electron chi connectivity index (χ1n) is 7.27. The summed E-state index contributed by atoms with van der Waals surface area (Å²) in [7, 11) is 0. The van der Waals surface area contributed by atoms with E-state index in [-0.39, 0.29) is 12.0 Å². The van der Waals surface area contributed by atoms with E-state index < -0.39 is 6.18 Å². The third-order valence-electron chi connectivity index (χ3n) is 4.70. The van der Waals surface area contributed by atoms with Crippen molar-refractivity contribution < 1.29 is 13.2 Å². The Hall–Kier alpha value is -0.550. The number of nitrogens with one attached hydrogen (secondary N) is 1. The lowest BCUT2D eigenvalue weighted by Crippen LogP contribution is -2.52. The molecule has 2 nitrogen and oxygen atoms in total. The van der Waals surface area contributed by atoms with Crippen molar-refractivity contribution >= 4 is 0 Å². The average molecular weight is 274 g/mol. The van der Waals surface area contributed by atoms with E-state index >= 15 is 0 Å². The zero-order valence-corrected chi connectivity index (χ0v) is 11.0. The summed E-state index contributed by atoms with van der Waals surface area (Å²) in [6.45, 7) is 2.08. The van der Waals surface area contributed by atoms with E-state index in [4.69, 9.17) is 0 Å². The van der Waals surface area contributed by atoms with Gasteiger partial charge in [-0.1, -0.05) is 6.08 Å². The molecule has 3 aliphatic rings. The number of nitrogens with zero attached hydrogens (tertiary/aromatic N) is 1. The first-order valence-corrected chi connectivity index (χ1v) is 7.27. The number of hydrogen-bond donors (Lipinski definition) is 1. The van der Waals surface area contributed by atoms with E-state index in [0.29, 0.717) is 25.0 Å². The molecule has 2 unspecified atom stereocenters. The normalized spacial score (nSPS) is 32.9. The largest absolute Gasteiger partial charge is 0.412 e. The lowest BCUT2D eigenvalue weighted by atomic mass is 9.77. The van der Waals surface area contributed by atoms with Crippen LogP contribution in [0.25, 0.3) is 0 Å². The third kappa shape index (κ3) is 3.14. The van der Waals surface area contributed by atoms with Gasteiger partial charge in [0.15, 0.2) is 0 Å². The Kier molecular flexibility index (Phi) is 3.60. The van der Waals surface area contributed by atoms with Crippen LogP contribution in [0.1, 0.15) is 32.1 Å². The highest BCUT2D eigenvalue weighted by molar-refractivity contribution is 5.14. The second-order valence-electron chi connectivity index (χ2n) is 6.06. The second kappa shape index (κ2) is 5.09. The summed E-state index contributed by atoms with van der Waals surface area (Å²) in [5.74, 6) is 0.640. The lowest BCUT2D eigenvalue weighted by Gasteiger charge is -2.45. The Morgan fingerprint density at radius 3 is 2.47 bits per heavy atom. The molecular formula is C14H21F3N2. The van der Waals surface area contributed by atoms with Crippen molar-refractivity contribution in [2.45, 2.75) is 50.4 Å². The van der Waals surface area contributed by atoms with Crippen molar-refractivity contribution in [3.05, 3.63) is 11.6 Å². The number of halogens is 3. The van der Waals surface area contributed by atoms with E-state index in [0.717, 1.165) is 19.0 Å². The second-order valence-corrected chi connectivity index (χ2v) is 6.06. The van der Waals surface area contributed by atoms with Gasteiger partial charge in [0.25, 0.3) is 0 Å². The molecule has 1 heterocycles. The quantitative estimate of drug-likeness (QED) is 0.793. The van der Waals surface area contributed by atoms with E-state index in [1.165, 1.54) is 25.3 Å². The van der Waals surface area contributed by atoms with Crippen molar-refractivity contribution in [3.8, 4) is 0 Å². The molecule has 0 aromatic carbocycles. The molecule has 2 atom stereocenters. The molecule has 0 amide bonds. The predicted molar refractivity (Wildman–Crippen MR) is 67.9 cm³/mol. The topological polar surface area (TPSA) is 15.3 Å². The highest BCUT2D eigenvalue weighted by Crippen LogP contribution is 2.36. The van der Waals surface area contributed by atoms with E-state index in [9.17, 15) is 13.2 Å². The zero-order chi connectivity index (χ0) is 13.5. The Labute approximate surface area is 112 Å². The van der Waals surface area contributed by atoms with Crippen LogP contribution >= 0.6 is 0 Å². The number of hydrogen-bond acceptors (Lipinski definition) is 2. The van der Waals surface area contributed by atoms with Gasteiger partial charge in [-0.3, -0.25) is 4.90 Å². The molecular weight excluding hydrogens is 253 g/mol. The average Bonchev–Trinajstić information content (AvgIpc) is 3.11. The molecule has 19 heavy (non-hydrogen) atoms. The molecule has 1 aliphatic heterocycles. The van der Waals surface area contributed by atoms with Crippen LogP contribution in [0, 0.1) is 5.92 Å². The van der Waals surface area contributed by atoms with Gasteiger partial charge in [-0.2, -0.15) is 13.2 Å². The summed E-state index contributed by atoms with van der Waals surface area (Å²) < 4.78 is 37.7. The fourth-order valence-corrected chi connectivity index (χ4v) is 3.12. The van der Waals surface area contributed by atoms with Crippen LogP contribution in [0.2, 0.25) is 0 Å². The van der Waals surface area contributed by atoms with Gasteiger partial charge in [0.05, 0.1) is 0 Å². The smallest absolute Gasteiger partial charge is 0.314 e. The number of alkyl halides is 3. The van der Waals surface area contributed by atoms with Gasteiger partial charge < -0.3 is 5.32 Å². The standard InChI is InChI=1S/C14H21F3N2/c15-14(16,17)11-5-7-19(8-6-11)13-4-1-10(13)9-18-12-2-3-12/h5,10,12-13,18H,1-4,6-9H2. The van der Waals surface area contributed by atoms with Gasteiger partial charge in [-0.15, -0.1) is 0 Å². The van der Waals surface area contributed by atoms with Gasteiger partial charge in [0.2, 0.25) is 0 Å².